The summed E-state index contributed by atoms with van der Waals surface area (Å²) in [5, 5.41) is 0. The minimum absolute atomic E-state index is 0.358. The second-order valence-electron chi connectivity index (χ2n) is 5.20. The lowest BCUT2D eigenvalue weighted by molar-refractivity contribution is 0.419. The van der Waals surface area contributed by atoms with E-state index in [1.54, 1.807) is 0 Å². The Morgan fingerprint density at radius 3 is 2.94 bits per heavy atom. The number of imidazole rings is 1. The van der Waals surface area contributed by atoms with Crippen molar-refractivity contribution in [3.05, 3.63) is 11.9 Å². The van der Waals surface area contributed by atoms with E-state index in [1.165, 1.54) is 0 Å². The highest BCUT2D eigenvalue weighted by Crippen LogP contribution is 2.24. The Balaban J connectivity index is 2.20. The zero-order valence-corrected chi connectivity index (χ0v) is 11.2. The van der Waals surface area contributed by atoms with E-state index in [4.69, 9.17) is 5.73 Å². The van der Waals surface area contributed by atoms with Crippen LogP contribution in [0.5, 0.6) is 0 Å². The smallest absolute Gasteiger partial charge is 0.205 e. The Morgan fingerprint density at radius 1 is 1.53 bits per heavy atom. The molecular formula is C13H24N4. The lowest BCUT2D eigenvalue weighted by Crippen LogP contribution is -2.46. The largest absolute Gasteiger partial charge is 0.339 e. The van der Waals surface area contributed by atoms with E-state index in [1.807, 2.05) is 0 Å². The van der Waals surface area contributed by atoms with Crippen LogP contribution in [0, 0.1) is 6.92 Å². The Labute approximate surface area is 104 Å². The van der Waals surface area contributed by atoms with Crippen molar-refractivity contribution in [2.24, 2.45) is 5.73 Å². The molecule has 0 aromatic carbocycles. The van der Waals surface area contributed by atoms with Crippen molar-refractivity contribution >= 4 is 5.95 Å². The molecule has 2 unspecified atom stereocenters. The van der Waals surface area contributed by atoms with Crippen LogP contribution in [0.3, 0.4) is 0 Å². The van der Waals surface area contributed by atoms with Gasteiger partial charge in [-0.2, -0.15) is 0 Å². The Bertz CT molecular complexity index is 371. The van der Waals surface area contributed by atoms with Gasteiger partial charge in [0.05, 0.1) is 5.69 Å². The summed E-state index contributed by atoms with van der Waals surface area (Å²) in [7, 11) is 0. The average molecular weight is 236 g/mol. The van der Waals surface area contributed by atoms with Gasteiger partial charge < -0.3 is 15.2 Å². The van der Waals surface area contributed by atoms with Gasteiger partial charge >= 0.3 is 0 Å². The molecule has 1 saturated heterocycles. The summed E-state index contributed by atoms with van der Waals surface area (Å²) in [6, 6.07) is 0.855. The van der Waals surface area contributed by atoms with Crippen LogP contribution in [0.1, 0.15) is 38.8 Å². The van der Waals surface area contributed by atoms with E-state index in [0.717, 1.165) is 44.0 Å². The highest BCUT2D eigenvalue weighted by molar-refractivity contribution is 5.35. The van der Waals surface area contributed by atoms with Crippen LogP contribution in [-0.2, 0) is 6.54 Å². The summed E-state index contributed by atoms with van der Waals surface area (Å²) in [4.78, 5) is 7.09. The van der Waals surface area contributed by atoms with Crippen molar-refractivity contribution in [2.45, 2.75) is 58.7 Å². The van der Waals surface area contributed by atoms with Crippen LogP contribution in [-0.4, -0.2) is 28.2 Å². The highest BCUT2D eigenvalue weighted by atomic mass is 15.3. The van der Waals surface area contributed by atoms with Crippen molar-refractivity contribution in [3.63, 3.8) is 0 Å². The number of aryl methyl sites for hydroxylation is 2. The first-order valence-electron chi connectivity index (χ1n) is 6.67. The molecule has 17 heavy (non-hydrogen) atoms. The van der Waals surface area contributed by atoms with Gasteiger partial charge in [0, 0.05) is 31.4 Å². The lowest BCUT2D eigenvalue weighted by atomic mass is 10.00. The summed E-state index contributed by atoms with van der Waals surface area (Å²) < 4.78 is 2.28. The molecule has 0 radical (unpaired) electrons. The van der Waals surface area contributed by atoms with Crippen LogP contribution >= 0.6 is 0 Å². The molecule has 1 aromatic rings. The highest BCUT2D eigenvalue weighted by Gasteiger charge is 2.26. The van der Waals surface area contributed by atoms with Crippen LogP contribution < -0.4 is 10.6 Å². The number of hydrogen-bond donors (Lipinski definition) is 1. The third kappa shape index (κ3) is 2.63. The van der Waals surface area contributed by atoms with Crippen LogP contribution in [0.2, 0.25) is 0 Å². The van der Waals surface area contributed by atoms with Gasteiger partial charge in [0.1, 0.15) is 0 Å². The topological polar surface area (TPSA) is 47.1 Å². The molecule has 0 amide bonds. The molecule has 0 bridgehead atoms. The maximum Gasteiger partial charge on any atom is 0.205 e. The number of nitrogens with zero attached hydrogens (tertiary/aromatic N) is 3. The molecule has 2 N–H and O–H groups in total. The second kappa shape index (κ2) is 5.08. The second-order valence-corrected chi connectivity index (χ2v) is 5.20. The van der Waals surface area contributed by atoms with Gasteiger partial charge in [-0.3, -0.25) is 0 Å². The summed E-state index contributed by atoms with van der Waals surface area (Å²) in [6.07, 6.45) is 5.44. The third-order valence-electron chi connectivity index (χ3n) is 3.51. The molecule has 2 atom stereocenters. The molecule has 96 valence electrons. The number of hydrogen-bond acceptors (Lipinski definition) is 3. The van der Waals surface area contributed by atoms with Crippen molar-refractivity contribution < 1.29 is 0 Å². The predicted molar refractivity (Wildman–Crippen MR) is 71.3 cm³/mol. The molecule has 0 spiro atoms. The first kappa shape index (κ1) is 12.4. The molecule has 1 fully saturated rings. The van der Waals surface area contributed by atoms with E-state index in [0.29, 0.717) is 12.1 Å². The quantitative estimate of drug-likeness (QED) is 0.872. The summed E-state index contributed by atoms with van der Waals surface area (Å²) in [5.41, 5.74) is 7.12. The fourth-order valence-corrected chi connectivity index (χ4v) is 2.67. The Kier molecular flexibility index (Phi) is 3.72. The van der Waals surface area contributed by atoms with Crippen molar-refractivity contribution in [1.82, 2.24) is 9.55 Å². The molecule has 2 rings (SSSR count). The first-order chi connectivity index (χ1) is 8.11. The SMILES string of the molecule is CCCn1cc(C)nc1N1CCC(N)CC1C. The molecule has 1 aromatic heterocycles. The summed E-state index contributed by atoms with van der Waals surface area (Å²) >= 11 is 0. The number of rotatable bonds is 3. The molecule has 2 heterocycles. The minimum atomic E-state index is 0.358. The number of nitrogens with two attached hydrogens (primary N) is 1. The van der Waals surface area contributed by atoms with Gasteiger partial charge in [0.25, 0.3) is 0 Å². The minimum Gasteiger partial charge on any atom is -0.339 e. The van der Waals surface area contributed by atoms with Crippen molar-refractivity contribution in [3.8, 4) is 0 Å². The van der Waals surface area contributed by atoms with Gasteiger partial charge in [-0.1, -0.05) is 6.92 Å². The van der Waals surface area contributed by atoms with Crippen LogP contribution in [0.25, 0.3) is 0 Å². The fraction of sp³-hybridized carbons (Fsp3) is 0.769. The van der Waals surface area contributed by atoms with Gasteiger partial charge in [-0.05, 0) is 33.1 Å². The van der Waals surface area contributed by atoms with Gasteiger partial charge in [-0.15, -0.1) is 0 Å². The van der Waals surface area contributed by atoms with E-state index in [2.05, 4.69) is 41.4 Å². The maximum atomic E-state index is 6.01. The number of anilines is 1. The van der Waals surface area contributed by atoms with Crippen molar-refractivity contribution in [2.75, 3.05) is 11.4 Å². The monoisotopic (exact) mass is 236 g/mol. The van der Waals surface area contributed by atoms with Gasteiger partial charge in [0.2, 0.25) is 5.95 Å². The van der Waals surface area contributed by atoms with E-state index >= 15 is 0 Å². The van der Waals surface area contributed by atoms with Gasteiger partial charge in [-0.25, -0.2) is 4.98 Å². The molecule has 1 aliphatic heterocycles. The standard InChI is InChI=1S/C13H24N4/c1-4-6-16-9-10(2)15-13(16)17-7-5-12(14)8-11(17)3/h9,11-12H,4-8,14H2,1-3H3. The Hall–Kier alpha value is -1.03. The average Bonchev–Trinajstić information content (AvgIpc) is 2.60. The zero-order valence-electron chi connectivity index (χ0n) is 11.2. The number of piperidine rings is 1. The van der Waals surface area contributed by atoms with Crippen LogP contribution in [0.4, 0.5) is 5.95 Å². The van der Waals surface area contributed by atoms with Crippen molar-refractivity contribution in [1.29, 1.82) is 0 Å². The molecule has 4 nitrogen and oxygen atoms in total. The normalized spacial score (nSPS) is 25.3. The molecule has 0 saturated carbocycles. The first-order valence-corrected chi connectivity index (χ1v) is 6.67. The lowest BCUT2D eigenvalue weighted by Gasteiger charge is -2.37. The predicted octanol–water partition coefficient (Wildman–Crippen LogP) is 1.92. The maximum absolute atomic E-state index is 6.01. The fourth-order valence-electron chi connectivity index (χ4n) is 2.67. The van der Waals surface area contributed by atoms with E-state index < -0.39 is 0 Å². The third-order valence-corrected chi connectivity index (χ3v) is 3.51. The molecule has 0 aliphatic carbocycles. The van der Waals surface area contributed by atoms with Gasteiger partial charge in [0.15, 0.2) is 0 Å². The summed E-state index contributed by atoms with van der Waals surface area (Å²) in [5.74, 6) is 1.13. The van der Waals surface area contributed by atoms with E-state index in [9.17, 15) is 0 Å². The molecular weight excluding hydrogens is 212 g/mol. The molecule has 1 aliphatic rings. The summed E-state index contributed by atoms with van der Waals surface area (Å²) in [6.45, 7) is 8.60. The van der Waals surface area contributed by atoms with Crippen LogP contribution in [0.15, 0.2) is 6.20 Å². The molecule has 4 heteroatoms. The Morgan fingerprint density at radius 2 is 2.29 bits per heavy atom. The number of aromatic nitrogens is 2. The van der Waals surface area contributed by atoms with E-state index in [-0.39, 0.29) is 0 Å². The zero-order chi connectivity index (χ0) is 12.4.